The van der Waals surface area contributed by atoms with Crippen molar-refractivity contribution in [2.75, 3.05) is 10.8 Å². The van der Waals surface area contributed by atoms with Crippen molar-refractivity contribution in [2.24, 2.45) is 5.41 Å². The summed E-state index contributed by atoms with van der Waals surface area (Å²) in [5.74, 6) is 0.803. The number of alkyl halides is 1. The van der Waals surface area contributed by atoms with Gasteiger partial charge in [-0.2, -0.15) is 0 Å². The van der Waals surface area contributed by atoms with Crippen molar-refractivity contribution in [3.8, 4) is 0 Å². The molecule has 0 saturated carbocycles. The van der Waals surface area contributed by atoms with Gasteiger partial charge in [0.2, 0.25) is 5.91 Å². The smallest absolute Gasteiger partial charge is 0.238 e. The molecule has 1 aliphatic heterocycles. The molecule has 23 heavy (non-hydrogen) atoms. The van der Waals surface area contributed by atoms with E-state index in [9.17, 15) is 4.79 Å². The maximum atomic E-state index is 13.4. The van der Waals surface area contributed by atoms with Crippen LogP contribution in [-0.4, -0.2) is 11.8 Å². The van der Waals surface area contributed by atoms with Crippen molar-refractivity contribution in [3.05, 3.63) is 60.2 Å². The van der Waals surface area contributed by atoms with E-state index in [1.165, 1.54) is 5.56 Å². The fourth-order valence-electron chi connectivity index (χ4n) is 3.55. The van der Waals surface area contributed by atoms with Gasteiger partial charge in [0.05, 0.1) is 11.1 Å². The topological polar surface area (TPSA) is 20.3 Å². The van der Waals surface area contributed by atoms with E-state index in [1.807, 2.05) is 47.4 Å². The number of nitrogens with zero attached hydrogens (tertiary/aromatic N) is 1. The molecule has 0 aromatic heterocycles. The van der Waals surface area contributed by atoms with E-state index in [2.05, 4.69) is 19.1 Å². The van der Waals surface area contributed by atoms with Crippen LogP contribution in [0.15, 0.2) is 54.6 Å². The van der Waals surface area contributed by atoms with Crippen LogP contribution in [0, 0.1) is 5.41 Å². The molecule has 2 aromatic rings. The summed E-state index contributed by atoms with van der Waals surface area (Å²) in [5, 5.41) is 0. The Morgan fingerprint density at radius 2 is 1.78 bits per heavy atom. The number of para-hydroxylation sites is 2. The molecule has 0 aliphatic carbocycles. The molecule has 1 unspecified atom stereocenters. The summed E-state index contributed by atoms with van der Waals surface area (Å²) in [5.41, 5.74) is 2.85. The molecule has 0 radical (unpaired) electrons. The lowest BCUT2D eigenvalue weighted by molar-refractivity contribution is -0.128. The average Bonchev–Trinajstić information content (AvgIpc) is 2.61. The Morgan fingerprint density at radius 1 is 1.09 bits per heavy atom. The summed E-state index contributed by atoms with van der Waals surface area (Å²) in [7, 11) is 0. The Labute approximate surface area is 143 Å². The molecule has 0 saturated heterocycles. The fourth-order valence-corrected chi connectivity index (χ4v) is 3.69. The molecule has 3 heteroatoms. The Balaban J connectivity index is 2.11. The van der Waals surface area contributed by atoms with Crippen LogP contribution in [0.3, 0.4) is 0 Å². The van der Waals surface area contributed by atoms with Gasteiger partial charge in [-0.3, -0.25) is 9.69 Å². The minimum absolute atomic E-state index is 0.204. The van der Waals surface area contributed by atoms with Crippen LogP contribution in [-0.2, 0) is 11.2 Å². The second-order valence-electron chi connectivity index (χ2n) is 6.21. The monoisotopic (exact) mass is 327 g/mol. The first kappa shape index (κ1) is 16.1. The predicted molar refractivity (Wildman–Crippen MR) is 96.4 cm³/mol. The van der Waals surface area contributed by atoms with E-state index in [1.54, 1.807) is 0 Å². The third kappa shape index (κ3) is 2.88. The van der Waals surface area contributed by atoms with Crippen LogP contribution in [0.5, 0.6) is 0 Å². The summed E-state index contributed by atoms with van der Waals surface area (Å²) in [6.07, 6.45) is 3.34. The number of anilines is 2. The molecule has 2 nitrogen and oxygen atoms in total. The molecule has 1 aliphatic rings. The summed E-state index contributed by atoms with van der Waals surface area (Å²) in [4.78, 5) is 15.3. The van der Waals surface area contributed by atoms with Gasteiger partial charge in [0, 0.05) is 11.6 Å². The number of fused-ring (bicyclic) bond motifs is 1. The second kappa shape index (κ2) is 6.76. The molecular formula is C20H22ClNO. The van der Waals surface area contributed by atoms with Gasteiger partial charge in [-0.25, -0.2) is 0 Å². The van der Waals surface area contributed by atoms with Gasteiger partial charge in [0.25, 0.3) is 0 Å². The standard InChI is InChI=1S/C20H22ClNO/c1-2-20(13-8-14-21)15-16-9-6-7-12-18(16)22(19(20)23)17-10-4-3-5-11-17/h3-7,9-12H,2,8,13-15H2,1H3. The largest absolute Gasteiger partial charge is 0.280 e. The van der Waals surface area contributed by atoms with E-state index in [4.69, 9.17) is 11.6 Å². The highest BCUT2D eigenvalue weighted by molar-refractivity contribution is 6.17. The first-order valence-electron chi connectivity index (χ1n) is 8.25. The average molecular weight is 328 g/mol. The molecule has 1 heterocycles. The summed E-state index contributed by atoms with van der Waals surface area (Å²) < 4.78 is 0. The third-order valence-electron chi connectivity index (χ3n) is 4.90. The van der Waals surface area contributed by atoms with Gasteiger partial charge in [0.1, 0.15) is 0 Å². The summed E-state index contributed by atoms with van der Waals surface area (Å²) in [6.45, 7) is 2.11. The van der Waals surface area contributed by atoms with Crippen LogP contribution < -0.4 is 4.90 Å². The SMILES string of the molecule is CCC1(CCCCl)Cc2ccccc2N(c2ccccc2)C1=O. The van der Waals surface area contributed by atoms with Gasteiger partial charge in [-0.05, 0) is 49.4 Å². The number of halogens is 1. The minimum Gasteiger partial charge on any atom is -0.280 e. The van der Waals surface area contributed by atoms with Crippen molar-refractivity contribution < 1.29 is 4.79 Å². The third-order valence-corrected chi connectivity index (χ3v) is 5.17. The van der Waals surface area contributed by atoms with Gasteiger partial charge >= 0.3 is 0 Å². The normalized spacial score (nSPS) is 20.4. The van der Waals surface area contributed by atoms with Crippen LogP contribution in [0.4, 0.5) is 11.4 Å². The van der Waals surface area contributed by atoms with Crippen molar-refractivity contribution in [1.82, 2.24) is 0 Å². The number of benzene rings is 2. The van der Waals surface area contributed by atoms with E-state index in [0.717, 1.165) is 37.1 Å². The minimum atomic E-state index is -0.348. The van der Waals surface area contributed by atoms with Crippen molar-refractivity contribution in [2.45, 2.75) is 32.6 Å². The zero-order valence-corrected chi connectivity index (χ0v) is 14.2. The predicted octanol–water partition coefficient (Wildman–Crippen LogP) is 5.32. The number of hydrogen-bond donors (Lipinski definition) is 0. The molecule has 0 fully saturated rings. The van der Waals surface area contributed by atoms with Crippen molar-refractivity contribution in [3.63, 3.8) is 0 Å². The molecule has 0 spiro atoms. The first-order valence-corrected chi connectivity index (χ1v) is 8.79. The van der Waals surface area contributed by atoms with Crippen molar-refractivity contribution >= 4 is 28.9 Å². The van der Waals surface area contributed by atoms with E-state index >= 15 is 0 Å². The molecule has 0 bridgehead atoms. The van der Waals surface area contributed by atoms with Crippen LogP contribution in [0.25, 0.3) is 0 Å². The Morgan fingerprint density at radius 3 is 2.48 bits per heavy atom. The molecule has 2 aromatic carbocycles. The number of carbonyl (C=O) groups is 1. The lowest BCUT2D eigenvalue weighted by Gasteiger charge is -2.42. The fraction of sp³-hybridized carbons (Fsp3) is 0.350. The van der Waals surface area contributed by atoms with Crippen LogP contribution in [0.2, 0.25) is 0 Å². The maximum Gasteiger partial charge on any atom is 0.238 e. The Kier molecular flexibility index (Phi) is 4.72. The maximum absolute atomic E-state index is 13.4. The number of rotatable bonds is 5. The highest BCUT2D eigenvalue weighted by atomic mass is 35.5. The van der Waals surface area contributed by atoms with Gasteiger partial charge in [0.15, 0.2) is 0 Å². The molecule has 3 rings (SSSR count). The van der Waals surface area contributed by atoms with Gasteiger partial charge in [-0.1, -0.05) is 43.3 Å². The molecule has 120 valence electrons. The zero-order chi connectivity index (χ0) is 16.3. The Bertz CT molecular complexity index is 685. The first-order chi connectivity index (χ1) is 11.2. The summed E-state index contributed by atoms with van der Waals surface area (Å²) >= 11 is 5.92. The van der Waals surface area contributed by atoms with E-state index in [0.29, 0.717) is 5.88 Å². The van der Waals surface area contributed by atoms with E-state index in [-0.39, 0.29) is 11.3 Å². The van der Waals surface area contributed by atoms with Gasteiger partial charge < -0.3 is 0 Å². The number of carbonyl (C=O) groups excluding carboxylic acids is 1. The lowest BCUT2D eigenvalue weighted by atomic mass is 9.71. The molecule has 0 N–H and O–H groups in total. The van der Waals surface area contributed by atoms with Crippen LogP contribution in [0.1, 0.15) is 31.7 Å². The zero-order valence-electron chi connectivity index (χ0n) is 13.5. The molecule has 1 atom stereocenters. The summed E-state index contributed by atoms with van der Waals surface area (Å²) in [6, 6.07) is 18.2. The highest BCUT2D eigenvalue weighted by Gasteiger charge is 2.44. The highest BCUT2D eigenvalue weighted by Crippen LogP contribution is 2.45. The second-order valence-corrected chi connectivity index (χ2v) is 6.59. The lowest BCUT2D eigenvalue weighted by Crippen LogP contribution is -2.47. The molecule has 1 amide bonds. The van der Waals surface area contributed by atoms with Gasteiger partial charge in [-0.15, -0.1) is 11.6 Å². The van der Waals surface area contributed by atoms with Crippen LogP contribution >= 0.6 is 11.6 Å². The van der Waals surface area contributed by atoms with E-state index < -0.39 is 0 Å². The number of amides is 1. The Hall–Kier alpha value is -1.80. The quantitative estimate of drug-likeness (QED) is 0.680. The molecular weight excluding hydrogens is 306 g/mol. The number of hydrogen-bond acceptors (Lipinski definition) is 1. The van der Waals surface area contributed by atoms with Crippen molar-refractivity contribution in [1.29, 1.82) is 0 Å².